The van der Waals surface area contributed by atoms with E-state index in [0.29, 0.717) is 19.6 Å². The summed E-state index contributed by atoms with van der Waals surface area (Å²) in [5.74, 6) is -1.50. The average Bonchev–Trinajstić information content (AvgIpc) is 3.06. The summed E-state index contributed by atoms with van der Waals surface area (Å²) in [6.07, 6.45) is 3.14. The van der Waals surface area contributed by atoms with Crippen molar-refractivity contribution in [2.24, 2.45) is 0 Å². The molecule has 2 heterocycles. The molecule has 25 heavy (non-hydrogen) atoms. The summed E-state index contributed by atoms with van der Waals surface area (Å²) in [4.78, 5) is 14.1. The predicted molar refractivity (Wildman–Crippen MR) is 88.3 cm³/mol. The van der Waals surface area contributed by atoms with Gasteiger partial charge in [-0.2, -0.15) is 5.10 Å². The van der Waals surface area contributed by atoms with Crippen molar-refractivity contribution in [3.8, 4) is 0 Å². The van der Waals surface area contributed by atoms with E-state index in [0.717, 1.165) is 30.7 Å². The standard InChI is InChI=1S/C18H21F2N3O2/c1-12-10-16(20)14(11-15(12)19)18(25)22-6-3-13(4-7-22)17-2-5-21-23(17)8-9-24/h2,5,10-11,13,24H,3-4,6-9H2,1H3. The molecule has 1 N–H and O–H groups in total. The van der Waals surface area contributed by atoms with Gasteiger partial charge in [-0.25, -0.2) is 8.78 Å². The number of amides is 1. The van der Waals surface area contributed by atoms with Crippen molar-refractivity contribution in [3.05, 3.63) is 52.9 Å². The molecule has 1 amide bonds. The van der Waals surface area contributed by atoms with Crippen LogP contribution in [0.1, 0.15) is 40.4 Å². The maximum absolute atomic E-state index is 14.0. The second-order valence-corrected chi connectivity index (χ2v) is 6.35. The van der Waals surface area contributed by atoms with Gasteiger partial charge in [0, 0.05) is 30.9 Å². The smallest absolute Gasteiger partial charge is 0.256 e. The van der Waals surface area contributed by atoms with Gasteiger partial charge in [-0.15, -0.1) is 0 Å². The van der Waals surface area contributed by atoms with E-state index in [1.165, 1.54) is 6.92 Å². The summed E-state index contributed by atoms with van der Waals surface area (Å²) in [5, 5.41) is 13.3. The Hall–Kier alpha value is -2.28. The van der Waals surface area contributed by atoms with Gasteiger partial charge in [-0.05, 0) is 43.5 Å². The molecule has 0 bridgehead atoms. The minimum atomic E-state index is -0.688. The lowest BCUT2D eigenvalue weighted by atomic mass is 9.93. The lowest BCUT2D eigenvalue weighted by Crippen LogP contribution is -2.38. The van der Waals surface area contributed by atoms with Gasteiger partial charge < -0.3 is 10.0 Å². The van der Waals surface area contributed by atoms with Crippen LogP contribution in [0.4, 0.5) is 8.78 Å². The van der Waals surface area contributed by atoms with Gasteiger partial charge in [-0.1, -0.05) is 0 Å². The Morgan fingerprint density at radius 3 is 2.68 bits per heavy atom. The van der Waals surface area contributed by atoms with E-state index in [9.17, 15) is 13.6 Å². The molecular formula is C18H21F2N3O2. The van der Waals surface area contributed by atoms with Crippen LogP contribution in [0.3, 0.4) is 0 Å². The van der Waals surface area contributed by atoms with Crippen LogP contribution in [0.2, 0.25) is 0 Å². The number of carbonyl (C=O) groups excluding carboxylic acids is 1. The molecular weight excluding hydrogens is 328 g/mol. The first-order chi connectivity index (χ1) is 12.0. The molecule has 0 aliphatic carbocycles. The van der Waals surface area contributed by atoms with E-state index in [1.807, 2.05) is 6.07 Å². The highest BCUT2D eigenvalue weighted by Crippen LogP contribution is 2.29. The number of aliphatic hydroxyl groups is 1. The number of nitrogens with zero attached hydrogens (tertiary/aromatic N) is 3. The SMILES string of the molecule is Cc1cc(F)c(C(=O)N2CCC(c3ccnn3CCO)CC2)cc1F. The number of halogens is 2. The molecule has 134 valence electrons. The predicted octanol–water partition coefficient (Wildman–Crippen LogP) is 2.48. The summed E-state index contributed by atoms with van der Waals surface area (Å²) in [6.45, 7) is 2.87. The van der Waals surface area contributed by atoms with Gasteiger partial charge in [0.1, 0.15) is 11.6 Å². The summed E-state index contributed by atoms with van der Waals surface area (Å²) in [7, 11) is 0. The van der Waals surface area contributed by atoms with Gasteiger partial charge in [0.2, 0.25) is 0 Å². The van der Waals surface area contributed by atoms with Crippen LogP contribution >= 0.6 is 0 Å². The molecule has 1 saturated heterocycles. The van der Waals surface area contributed by atoms with E-state index in [1.54, 1.807) is 15.8 Å². The Morgan fingerprint density at radius 2 is 2.00 bits per heavy atom. The summed E-state index contributed by atoms with van der Waals surface area (Å²) in [6, 6.07) is 3.96. The van der Waals surface area contributed by atoms with Crippen LogP contribution in [-0.4, -0.2) is 45.4 Å². The fourth-order valence-corrected chi connectivity index (χ4v) is 3.33. The second kappa shape index (κ2) is 7.31. The molecule has 0 saturated carbocycles. The quantitative estimate of drug-likeness (QED) is 0.923. The van der Waals surface area contributed by atoms with Crippen molar-refractivity contribution in [1.82, 2.24) is 14.7 Å². The number of carbonyl (C=O) groups is 1. The van der Waals surface area contributed by atoms with Crippen LogP contribution in [0, 0.1) is 18.6 Å². The Morgan fingerprint density at radius 1 is 1.28 bits per heavy atom. The average molecular weight is 349 g/mol. The molecule has 7 heteroatoms. The van der Waals surface area contributed by atoms with Crippen LogP contribution < -0.4 is 0 Å². The maximum Gasteiger partial charge on any atom is 0.256 e. The van der Waals surface area contributed by atoms with Crippen LogP contribution in [0.25, 0.3) is 0 Å². The first-order valence-electron chi connectivity index (χ1n) is 8.38. The van der Waals surface area contributed by atoms with E-state index in [-0.39, 0.29) is 23.7 Å². The zero-order valence-electron chi connectivity index (χ0n) is 14.1. The van der Waals surface area contributed by atoms with Crippen LogP contribution in [-0.2, 0) is 6.54 Å². The van der Waals surface area contributed by atoms with Crippen molar-refractivity contribution in [2.45, 2.75) is 32.2 Å². The number of hydrogen-bond donors (Lipinski definition) is 1. The Balaban J connectivity index is 1.69. The van der Waals surface area contributed by atoms with Crippen molar-refractivity contribution >= 4 is 5.91 Å². The molecule has 5 nitrogen and oxygen atoms in total. The first kappa shape index (κ1) is 17.5. The molecule has 1 fully saturated rings. The molecule has 1 aromatic heterocycles. The second-order valence-electron chi connectivity index (χ2n) is 6.35. The molecule has 1 aliphatic rings. The van der Waals surface area contributed by atoms with Crippen LogP contribution in [0.15, 0.2) is 24.4 Å². The number of piperidine rings is 1. The zero-order valence-corrected chi connectivity index (χ0v) is 14.1. The molecule has 0 unspecified atom stereocenters. The van der Waals surface area contributed by atoms with Crippen LogP contribution in [0.5, 0.6) is 0 Å². The van der Waals surface area contributed by atoms with E-state index < -0.39 is 17.5 Å². The largest absolute Gasteiger partial charge is 0.394 e. The van der Waals surface area contributed by atoms with E-state index in [2.05, 4.69) is 5.10 Å². The fraction of sp³-hybridized carbons (Fsp3) is 0.444. The highest BCUT2D eigenvalue weighted by Gasteiger charge is 2.28. The Kier molecular flexibility index (Phi) is 5.13. The van der Waals surface area contributed by atoms with Gasteiger partial charge in [0.15, 0.2) is 0 Å². The maximum atomic E-state index is 14.0. The molecule has 3 rings (SSSR count). The number of rotatable bonds is 4. The zero-order chi connectivity index (χ0) is 18.0. The van der Waals surface area contributed by atoms with E-state index in [4.69, 9.17) is 5.11 Å². The highest BCUT2D eigenvalue weighted by molar-refractivity contribution is 5.94. The number of aromatic nitrogens is 2. The summed E-state index contributed by atoms with van der Waals surface area (Å²) < 4.78 is 29.5. The molecule has 0 spiro atoms. The third kappa shape index (κ3) is 3.56. The topological polar surface area (TPSA) is 58.4 Å². The minimum absolute atomic E-state index is 0.0181. The lowest BCUT2D eigenvalue weighted by molar-refractivity contribution is 0.0705. The van der Waals surface area contributed by atoms with Crippen molar-refractivity contribution in [2.75, 3.05) is 19.7 Å². The third-order valence-electron chi connectivity index (χ3n) is 4.74. The minimum Gasteiger partial charge on any atom is -0.394 e. The molecule has 2 aromatic rings. The number of aryl methyl sites for hydroxylation is 1. The van der Waals surface area contributed by atoms with E-state index >= 15 is 0 Å². The monoisotopic (exact) mass is 349 g/mol. The normalized spacial score (nSPS) is 15.6. The third-order valence-corrected chi connectivity index (χ3v) is 4.74. The fourth-order valence-electron chi connectivity index (χ4n) is 3.33. The number of hydrogen-bond acceptors (Lipinski definition) is 3. The summed E-state index contributed by atoms with van der Waals surface area (Å²) in [5.41, 5.74) is 1.01. The lowest BCUT2D eigenvalue weighted by Gasteiger charge is -2.32. The summed E-state index contributed by atoms with van der Waals surface area (Å²) >= 11 is 0. The number of aliphatic hydroxyl groups excluding tert-OH is 1. The molecule has 0 atom stereocenters. The molecule has 1 aliphatic heterocycles. The van der Waals surface area contributed by atoms with Crippen molar-refractivity contribution in [3.63, 3.8) is 0 Å². The number of likely N-dealkylation sites (tertiary alicyclic amines) is 1. The molecule has 1 aromatic carbocycles. The number of benzene rings is 1. The van der Waals surface area contributed by atoms with Crippen molar-refractivity contribution in [1.29, 1.82) is 0 Å². The first-order valence-corrected chi connectivity index (χ1v) is 8.38. The van der Waals surface area contributed by atoms with Crippen molar-refractivity contribution < 1.29 is 18.7 Å². The van der Waals surface area contributed by atoms with Gasteiger partial charge in [-0.3, -0.25) is 9.48 Å². The van der Waals surface area contributed by atoms with Gasteiger partial charge >= 0.3 is 0 Å². The van der Waals surface area contributed by atoms with Gasteiger partial charge in [0.25, 0.3) is 5.91 Å². The Labute approximate surface area is 144 Å². The van der Waals surface area contributed by atoms with Gasteiger partial charge in [0.05, 0.1) is 18.7 Å². The highest BCUT2D eigenvalue weighted by atomic mass is 19.1. The molecule has 0 radical (unpaired) electrons. The Bertz CT molecular complexity index is 768.